The quantitative estimate of drug-likeness (QED) is 0.865. The highest BCUT2D eigenvalue weighted by molar-refractivity contribution is 6.30. The Kier molecular flexibility index (Phi) is 4.38. The van der Waals surface area contributed by atoms with Crippen molar-refractivity contribution >= 4 is 17.4 Å². The molecule has 0 amide bonds. The first-order chi connectivity index (χ1) is 9.08. The first-order valence-corrected chi connectivity index (χ1v) is 6.75. The zero-order chi connectivity index (χ0) is 13.8. The number of nitrogens with zero attached hydrogens (tertiary/aromatic N) is 2. The summed E-state index contributed by atoms with van der Waals surface area (Å²) in [6.45, 7) is 6.74. The highest BCUT2D eigenvalue weighted by atomic mass is 35.5. The van der Waals surface area contributed by atoms with E-state index < -0.39 is 0 Å². The van der Waals surface area contributed by atoms with Gasteiger partial charge in [0.05, 0.1) is 0 Å². The lowest BCUT2D eigenvalue weighted by atomic mass is 10.1. The summed E-state index contributed by atoms with van der Waals surface area (Å²) < 4.78 is 0. The third-order valence-electron chi connectivity index (χ3n) is 3.15. The fraction of sp³-hybridized carbons (Fsp3) is 0.333. The van der Waals surface area contributed by atoms with Crippen molar-refractivity contribution in [1.82, 2.24) is 9.97 Å². The van der Waals surface area contributed by atoms with Gasteiger partial charge < -0.3 is 5.32 Å². The van der Waals surface area contributed by atoms with Crippen LogP contribution in [0, 0.1) is 20.8 Å². The number of aryl methyl sites for hydroxylation is 2. The van der Waals surface area contributed by atoms with Crippen molar-refractivity contribution in [2.45, 2.75) is 27.2 Å². The number of nitrogens with one attached hydrogen (secondary N) is 1. The van der Waals surface area contributed by atoms with E-state index in [0.717, 1.165) is 24.3 Å². The van der Waals surface area contributed by atoms with Crippen molar-refractivity contribution in [1.29, 1.82) is 0 Å². The molecule has 19 heavy (non-hydrogen) atoms. The van der Waals surface area contributed by atoms with Crippen molar-refractivity contribution < 1.29 is 0 Å². The van der Waals surface area contributed by atoms with Crippen LogP contribution in [-0.2, 0) is 6.42 Å². The number of anilines is 1. The SMILES string of the molecule is Cc1nc(Cl)c(C)c(NCCc2ccccc2C)n1. The molecular formula is C15H18ClN3. The van der Waals surface area contributed by atoms with Crippen LogP contribution < -0.4 is 5.32 Å². The normalized spacial score (nSPS) is 10.5. The van der Waals surface area contributed by atoms with Gasteiger partial charge in [-0.05, 0) is 38.3 Å². The van der Waals surface area contributed by atoms with E-state index in [2.05, 4.69) is 46.5 Å². The highest BCUT2D eigenvalue weighted by Crippen LogP contribution is 2.19. The maximum Gasteiger partial charge on any atom is 0.137 e. The molecule has 0 aliphatic carbocycles. The zero-order valence-corrected chi connectivity index (χ0v) is 12.3. The molecule has 0 unspecified atom stereocenters. The molecule has 0 saturated heterocycles. The molecule has 0 aliphatic heterocycles. The fourth-order valence-electron chi connectivity index (χ4n) is 1.97. The van der Waals surface area contributed by atoms with Crippen LogP contribution in [0.25, 0.3) is 0 Å². The largest absolute Gasteiger partial charge is 0.369 e. The van der Waals surface area contributed by atoms with Crippen LogP contribution >= 0.6 is 11.6 Å². The summed E-state index contributed by atoms with van der Waals surface area (Å²) in [5.41, 5.74) is 3.57. The average molecular weight is 276 g/mol. The second-order valence-corrected chi connectivity index (χ2v) is 5.00. The third kappa shape index (κ3) is 3.44. The van der Waals surface area contributed by atoms with E-state index in [1.807, 2.05) is 13.8 Å². The minimum absolute atomic E-state index is 0.519. The molecule has 1 N–H and O–H groups in total. The molecule has 0 spiro atoms. The molecular weight excluding hydrogens is 258 g/mol. The Balaban J connectivity index is 2.02. The maximum absolute atomic E-state index is 6.05. The first kappa shape index (κ1) is 13.8. The third-order valence-corrected chi connectivity index (χ3v) is 3.51. The Bertz CT molecular complexity index is 582. The Morgan fingerprint density at radius 2 is 1.84 bits per heavy atom. The van der Waals surface area contributed by atoms with Gasteiger partial charge in [0, 0.05) is 12.1 Å². The van der Waals surface area contributed by atoms with Gasteiger partial charge in [-0.3, -0.25) is 0 Å². The monoisotopic (exact) mass is 275 g/mol. The van der Waals surface area contributed by atoms with Gasteiger partial charge in [0.25, 0.3) is 0 Å². The summed E-state index contributed by atoms with van der Waals surface area (Å²) in [7, 11) is 0. The van der Waals surface area contributed by atoms with E-state index in [1.54, 1.807) is 0 Å². The number of hydrogen-bond donors (Lipinski definition) is 1. The van der Waals surface area contributed by atoms with Crippen molar-refractivity contribution in [2.24, 2.45) is 0 Å². The number of aromatic nitrogens is 2. The smallest absolute Gasteiger partial charge is 0.137 e. The van der Waals surface area contributed by atoms with Gasteiger partial charge >= 0.3 is 0 Å². The molecule has 2 rings (SSSR count). The van der Waals surface area contributed by atoms with Crippen LogP contribution in [0.2, 0.25) is 5.15 Å². The topological polar surface area (TPSA) is 37.8 Å². The summed E-state index contributed by atoms with van der Waals surface area (Å²) >= 11 is 6.05. The zero-order valence-electron chi connectivity index (χ0n) is 11.5. The average Bonchev–Trinajstić information content (AvgIpc) is 2.37. The Labute approximate surface area is 119 Å². The van der Waals surface area contributed by atoms with Crippen LogP contribution in [0.15, 0.2) is 24.3 Å². The van der Waals surface area contributed by atoms with E-state index in [4.69, 9.17) is 11.6 Å². The number of halogens is 1. The predicted molar refractivity (Wildman–Crippen MR) is 79.9 cm³/mol. The van der Waals surface area contributed by atoms with E-state index >= 15 is 0 Å². The second-order valence-electron chi connectivity index (χ2n) is 4.64. The van der Waals surface area contributed by atoms with Gasteiger partial charge in [-0.1, -0.05) is 35.9 Å². The summed E-state index contributed by atoms with van der Waals surface area (Å²) in [5.74, 6) is 1.51. The van der Waals surface area contributed by atoms with Gasteiger partial charge in [-0.25, -0.2) is 9.97 Å². The van der Waals surface area contributed by atoms with Crippen LogP contribution in [-0.4, -0.2) is 16.5 Å². The molecule has 1 heterocycles. The lowest BCUT2D eigenvalue weighted by molar-refractivity contribution is 0.963. The molecule has 0 saturated carbocycles. The van der Waals surface area contributed by atoms with E-state index in [9.17, 15) is 0 Å². The van der Waals surface area contributed by atoms with Crippen molar-refractivity contribution in [2.75, 3.05) is 11.9 Å². The summed E-state index contributed by atoms with van der Waals surface area (Å²) in [6.07, 6.45) is 0.965. The van der Waals surface area contributed by atoms with Crippen LogP contribution in [0.4, 0.5) is 5.82 Å². The standard InChI is InChI=1S/C15H18ClN3/c1-10-6-4-5-7-13(10)8-9-17-15-11(2)14(16)18-12(3)19-15/h4-7H,8-9H2,1-3H3,(H,17,18,19). The van der Waals surface area contributed by atoms with E-state index in [-0.39, 0.29) is 0 Å². The molecule has 0 fully saturated rings. The van der Waals surface area contributed by atoms with Gasteiger partial charge in [0.1, 0.15) is 16.8 Å². The summed E-state index contributed by atoms with van der Waals surface area (Å²) in [4.78, 5) is 8.51. The molecule has 0 aliphatic rings. The number of rotatable bonds is 4. The minimum Gasteiger partial charge on any atom is -0.369 e. The fourth-order valence-corrected chi connectivity index (χ4v) is 2.18. The molecule has 0 radical (unpaired) electrons. The number of benzene rings is 1. The van der Waals surface area contributed by atoms with Gasteiger partial charge in [0.15, 0.2) is 0 Å². The molecule has 1 aromatic carbocycles. The van der Waals surface area contributed by atoms with Crippen molar-refractivity contribution in [3.63, 3.8) is 0 Å². The van der Waals surface area contributed by atoms with Crippen molar-refractivity contribution in [3.8, 4) is 0 Å². The van der Waals surface area contributed by atoms with Crippen LogP contribution in [0.3, 0.4) is 0 Å². The molecule has 0 atom stereocenters. The number of hydrogen-bond acceptors (Lipinski definition) is 3. The van der Waals surface area contributed by atoms with E-state index in [1.165, 1.54) is 11.1 Å². The summed E-state index contributed by atoms with van der Waals surface area (Å²) in [6, 6.07) is 8.41. The van der Waals surface area contributed by atoms with Crippen molar-refractivity contribution in [3.05, 3.63) is 51.9 Å². The molecule has 4 heteroatoms. The lowest BCUT2D eigenvalue weighted by Crippen LogP contribution is -2.10. The van der Waals surface area contributed by atoms with Gasteiger partial charge in [-0.15, -0.1) is 0 Å². The Morgan fingerprint density at radius 3 is 2.58 bits per heavy atom. The first-order valence-electron chi connectivity index (χ1n) is 6.37. The maximum atomic E-state index is 6.05. The highest BCUT2D eigenvalue weighted by Gasteiger charge is 2.06. The van der Waals surface area contributed by atoms with Crippen LogP contribution in [0.5, 0.6) is 0 Å². The second kappa shape index (κ2) is 6.02. The molecule has 0 bridgehead atoms. The molecule has 3 nitrogen and oxygen atoms in total. The minimum atomic E-state index is 0.519. The molecule has 2 aromatic rings. The van der Waals surface area contributed by atoms with Gasteiger partial charge in [-0.2, -0.15) is 0 Å². The van der Waals surface area contributed by atoms with Gasteiger partial charge in [0.2, 0.25) is 0 Å². The lowest BCUT2D eigenvalue weighted by Gasteiger charge is -2.11. The summed E-state index contributed by atoms with van der Waals surface area (Å²) in [5, 5.41) is 3.85. The Morgan fingerprint density at radius 1 is 1.11 bits per heavy atom. The van der Waals surface area contributed by atoms with E-state index in [0.29, 0.717) is 11.0 Å². The molecule has 1 aromatic heterocycles. The van der Waals surface area contributed by atoms with Crippen LogP contribution in [0.1, 0.15) is 22.5 Å². The Hall–Kier alpha value is -1.61. The predicted octanol–water partition coefficient (Wildman–Crippen LogP) is 3.71. The molecule has 100 valence electrons.